The maximum absolute atomic E-state index is 12.5. The van der Waals surface area contributed by atoms with E-state index in [9.17, 15) is 9.59 Å². The summed E-state index contributed by atoms with van der Waals surface area (Å²) in [5.74, 6) is -0.0301. The number of carbonyl (C=O) groups excluding carboxylic acids is 2. The fraction of sp³-hybridized carbons (Fsp3) is 0.150. The van der Waals surface area contributed by atoms with Crippen LogP contribution in [0.25, 0.3) is 0 Å². The second kappa shape index (κ2) is 8.58. The van der Waals surface area contributed by atoms with Crippen LogP contribution >= 0.6 is 11.6 Å². The Morgan fingerprint density at radius 1 is 1.14 bits per heavy atom. The lowest BCUT2D eigenvalue weighted by Gasteiger charge is -2.08. The summed E-state index contributed by atoms with van der Waals surface area (Å²) in [5.41, 5.74) is 1.87. The van der Waals surface area contributed by atoms with Crippen molar-refractivity contribution in [1.29, 1.82) is 0 Å². The lowest BCUT2D eigenvalue weighted by molar-refractivity contribution is 0.0958. The van der Waals surface area contributed by atoms with Gasteiger partial charge in [-0.05, 0) is 35.9 Å². The van der Waals surface area contributed by atoms with E-state index in [0.717, 1.165) is 5.56 Å². The Morgan fingerprint density at radius 3 is 2.57 bits per heavy atom. The molecule has 3 aromatic rings. The molecule has 0 radical (unpaired) electrons. The molecule has 0 aliphatic heterocycles. The van der Waals surface area contributed by atoms with E-state index in [0.29, 0.717) is 28.6 Å². The Bertz CT molecular complexity index is 999. The minimum Gasteiger partial charge on any atom is -0.489 e. The number of nitrogens with one attached hydrogen (secondary N) is 2. The number of carbonyl (C=O) groups is 2. The highest BCUT2D eigenvalue weighted by molar-refractivity contribution is 6.30. The molecular formula is C20H19ClN4O3. The molecule has 0 aliphatic rings. The number of anilines is 1. The number of rotatable bonds is 6. The second-order valence-corrected chi connectivity index (χ2v) is 6.48. The van der Waals surface area contributed by atoms with Gasteiger partial charge in [-0.1, -0.05) is 29.8 Å². The molecule has 0 aliphatic carbocycles. The predicted octanol–water partition coefficient (Wildman–Crippen LogP) is 3.26. The Labute approximate surface area is 167 Å². The van der Waals surface area contributed by atoms with E-state index < -0.39 is 0 Å². The predicted molar refractivity (Wildman–Crippen MR) is 107 cm³/mol. The van der Waals surface area contributed by atoms with Crippen molar-refractivity contribution < 1.29 is 14.3 Å². The Morgan fingerprint density at radius 2 is 1.89 bits per heavy atom. The molecule has 2 aromatic carbocycles. The number of ether oxygens (including phenoxy) is 1. The molecule has 3 rings (SSSR count). The van der Waals surface area contributed by atoms with Crippen LogP contribution in [0.5, 0.6) is 5.75 Å². The number of aryl methyl sites for hydroxylation is 1. The van der Waals surface area contributed by atoms with Crippen LogP contribution in [-0.2, 0) is 13.7 Å². The van der Waals surface area contributed by atoms with E-state index in [1.165, 1.54) is 11.7 Å². The van der Waals surface area contributed by atoms with Crippen molar-refractivity contribution in [2.45, 2.75) is 6.61 Å². The summed E-state index contributed by atoms with van der Waals surface area (Å²) in [6.45, 7) is 0.353. The van der Waals surface area contributed by atoms with E-state index >= 15 is 0 Å². The molecule has 0 saturated heterocycles. The van der Waals surface area contributed by atoms with Gasteiger partial charge in [0, 0.05) is 30.9 Å². The number of halogens is 1. The highest BCUT2D eigenvalue weighted by Gasteiger charge is 2.17. The van der Waals surface area contributed by atoms with Crippen molar-refractivity contribution in [2.75, 3.05) is 12.4 Å². The van der Waals surface area contributed by atoms with Crippen LogP contribution in [0.3, 0.4) is 0 Å². The minimum atomic E-state index is -0.371. The van der Waals surface area contributed by atoms with Crippen molar-refractivity contribution in [3.8, 4) is 5.75 Å². The van der Waals surface area contributed by atoms with Gasteiger partial charge in [0.2, 0.25) is 0 Å². The quantitative estimate of drug-likeness (QED) is 0.667. The molecule has 0 bridgehead atoms. The number of hydrogen-bond acceptors (Lipinski definition) is 4. The fourth-order valence-electron chi connectivity index (χ4n) is 2.54. The van der Waals surface area contributed by atoms with Crippen LogP contribution in [0.15, 0.2) is 54.7 Å². The van der Waals surface area contributed by atoms with Gasteiger partial charge < -0.3 is 15.4 Å². The summed E-state index contributed by atoms with van der Waals surface area (Å²) in [4.78, 5) is 24.3. The third-order valence-corrected chi connectivity index (χ3v) is 4.17. The van der Waals surface area contributed by atoms with Gasteiger partial charge in [-0.3, -0.25) is 14.3 Å². The Hall–Kier alpha value is -3.32. The molecule has 1 aromatic heterocycles. The lowest BCUT2D eigenvalue weighted by atomic mass is 10.1. The zero-order valence-corrected chi connectivity index (χ0v) is 16.2. The van der Waals surface area contributed by atoms with E-state index in [1.807, 2.05) is 24.3 Å². The van der Waals surface area contributed by atoms with Crippen molar-refractivity contribution in [3.63, 3.8) is 0 Å². The summed E-state index contributed by atoms with van der Waals surface area (Å²) in [6.07, 6.45) is 1.58. The van der Waals surface area contributed by atoms with Gasteiger partial charge in [-0.2, -0.15) is 5.10 Å². The normalized spacial score (nSPS) is 10.4. The first-order valence-electron chi connectivity index (χ1n) is 8.50. The zero-order valence-electron chi connectivity index (χ0n) is 15.4. The molecule has 0 unspecified atom stereocenters. The largest absolute Gasteiger partial charge is 0.489 e. The smallest absolute Gasteiger partial charge is 0.273 e. The summed E-state index contributed by atoms with van der Waals surface area (Å²) < 4.78 is 7.15. The summed E-state index contributed by atoms with van der Waals surface area (Å²) >= 11 is 5.93. The SMILES string of the molecule is CNC(=O)c1nn(C)cc1NC(=O)c1ccc(COc2cccc(Cl)c2)cc1. The monoisotopic (exact) mass is 398 g/mol. The molecule has 7 nitrogen and oxygen atoms in total. The van der Waals surface area contributed by atoms with Gasteiger partial charge in [0.05, 0.1) is 5.69 Å². The fourth-order valence-corrected chi connectivity index (χ4v) is 2.72. The standard InChI is InChI=1S/C20H19ClN4O3/c1-22-20(27)18-17(11-25(2)24-18)23-19(26)14-8-6-13(7-9-14)12-28-16-5-3-4-15(21)10-16/h3-11H,12H2,1-2H3,(H,22,27)(H,23,26). The van der Waals surface area contributed by atoms with Gasteiger partial charge in [0.1, 0.15) is 12.4 Å². The molecule has 144 valence electrons. The van der Waals surface area contributed by atoms with Crippen molar-refractivity contribution >= 4 is 29.1 Å². The van der Waals surface area contributed by atoms with E-state index in [1.54, 1.807) is 37.5 Å². The van der Waals surface area contributed by atoms with Crippen LogP contribution < -0.4 is 15.4 Å². The summed E-state index contributed by atoms with van der Waals surface area (Å²) in [6, 6.07) is 14.2. The minimum absolute atomic E-state index is 0.157. The topological polar surface area (TPSA) is 85.3 Å². The number of amides is 2. The molecule has 2 amide bonds. The third-order valence-electron chi connectivity index (χ3n) is 3.94. The molecule has 0 atom stereocenters. The van der Waals surface area contributed by atoms with Gasteiger partial charge in [0.15, 0.2) is 5.69 Å². The van der Waals surface area contributed by atoms with Crippen LogP contribution in [0.1, 0.15) is 26.4 Å². The van der Waals surface area contributed by atoms with Crippen molar-refractivity contribution in [3.05, 3.63) is 76.6 Å². The summed E-state index contributed by atoms with van der Waals surface area (Å²) in [5, 5.41) is 9.89. The van der Waals surface area contributed by atoms with Crippen molar-refractivity contribution in [1.82, 2.24) is 15.1 Å². The molecular weight excluding hydrogens is 380 g/mol. The van der Waals surface area contributed by atoms with E-state index in [4.69, 9.17) is 16.3 Å². The second-order valence-electron chi connectivity index (χ2n) is 6.04. The maximum Gasteiger partial charge on any atom is 0.273 e. The highest BCUT2D eigenvalue weighted by Crippen LogP contribution is 2.19. The molecule has 2 N–H and O–H groups in total. The average molecular weight is 399 g/mol. The summed E-state index contributed by atoms with van der Waals surface area (Å²) in [7, 11) is 3.18. The molecule has 1 heterocycles. The van der Waals surface area contributed by atoms with E-state index in [2.05, 4.69) is 15.7 Å². The van der Waals surface area contributed by atoms with E-state index in [-0.39, 0.29) is 17.5 Å². The number of nitrogens with zero attached hydrogens (tertiary/aromatic N) is 2. The lowest BCUT2D eigenvalue weighted by Crippen LogP contribution is -2.21. The number of hydrogen-bond donors (Lipinski definition) is 2. The third kappa shape index (κ3) is 4.69. The number of benzene rings is 2. The Balaban J connectivity index is 1.65. The highest BCUT2D eigenvalue weighted by atomic mass is 35.5. The molecule has 0 spiro atoms. The van der Waals surface area contributed by atoms with Crippen molar-refractivity contribution in [2.24, 2.45) is 7.05 Å². The average Bonchev–Trinajstić information content (AvgIpc) is 3.06. The van der Waals surface area contributed by atoms with Gasteiger partial charge in [-0.25, -0.2) is 0 Å². The number of aromatic nitrogens is 2. The molecule has 28 heavy (non-hydrogen) atoms. The molecule has 0 fully saturated rings. The van der Waals surface area contributed by atoms with Gasteiger partial charge in [0.25, 0.3) is 11.8 Å². The van der Waals surface area contributed by atoms with Crippen LogP contribution in [-0.4, -0.2) is 28.6 Å². The zero-order chi connectivity index (χ0) is 20.1. The first kappa shape index (κ1) is 19.4. The van der Waals surface area contributed by atoms with Gasteiger partial charge in [-0.15, -0.1) is 0 Å². The first-order valence-corrected chi connectivity index (χ1v) is 8.88. The van der Waals surface area contributed by atoms with Crippen LogP contribution in [0.2, 0.25) is 5.02 Å². The Kier molecular flexibility index (Phi) is 5.96. The first-order chi connectivity index (χ1) is 13.5. The maximum atomic E-state index is 12.5. The van der Waals surface area contributed by atoms with Crippen LogP contribution in [0, 0.1) is 0 Å². The van der Waals surface area contributed by atoms with Gasteiger partial charge >= 0.3 is 0 Å². The molecule has 8 heteroatoms. The van der Waals surface area contributed by atoms with Crippen LogP contribution in [0.4, 0.5) is 5.69 Å². The molecule has 0 saturated carbocycles.